The summed E-state index contributed by atoms with van der Waals surface area (Å²) in [5, 5.41) is 0. The van der Waals surface area contributed by atoms with Gasteiger partial charge in [-0.3, -0.25) is 0 Å². The van der Waals surface area contributed by atoms with Gasteiger partial charge in [-0.2, -0.15) is 0 Å². The first-order valence-electron chi connectivity index (χ1n) is 32.3. The first-order chi connectivity index (χ1) is 46.2. The fourth-order valence-corrected chi connectivity index (χ4v) is 17.4. The third-order valence-corrected chi connectivity index (χ3v) is 21.1. The summed E-state index contributed by atoms with van der Waals surface area (Å²) in [7, 11) is 0. The molecule has 0 saturated heterocycles. The molecular weight excluding hydrogens is 1150 g/mol. The molecule has 0 spiro atoms. The van der Waals surface area contributed by atoms with E-state index >= 15 is 0 Å². The van der Waals surface area contributed by atoms with Crippen molar-refractivity contribution in [1.29, 1.82) is 0 Å². The zero-order valence-electron chi connectivity index (χ0n) is 50.7. The van der Waals surface area contributed by atoms with E-state index in [9.17, 15) is 0 Å². The average Bonchev–Trinajstić information content (AvgIpc) is 0.735. The van der Waals surface area contributed by atoms with Gasteiger partial charge in [0.15, 0.2) is 0 Å². The maximum absolute atomic E-state index is 7.20. The second kappa shape index (κ2) is 21.7. The highest BCUT2D eigenvalue weighted by Gasteiger charge is 2.49. The van der Waals surface area contributed by atoms with Crippen molar-refractivity contribution in [2.75, 3.05) is 19.6 Å². The normalized spacial score (nSPS) is 17.1. The van der Waals surface area contributed by atoms with Crippen molar-refractivity contribution < 1.29 is 4.74 Å². The molecule has 4 heterocycles. The van der Waals surface area contributed by atoms with E-state index in [-0.39, 0.29) is 30.4 Å². The molecule has 2 aliphatic carbocycles. The van der Waals surface area contributed by atoms with Gasteiger partial charge in [-0.25, -0.2) is 0 Å². The lowest BCUT2D eigenvalue weighted by molar-refractivity contribution is 0.486. The van der Waals surface area contributed by atoms with E-state index in [0.717, 1.165) is 62.7 Å². The SMILES string of the molecule is C1=C(c2ccccc2)C(N2c3cc4c(cc3C3c5ccccc5N(c5ccccc5)c5cc(N(c6ccccc6)c6ccccc6)cc2c53)B2c3ccccc3Oc3cc(N(c5ccccc5)c5ccccc5)cc(c32)S4)=CC2c3ccccc3C(c3ccccc3)C12. The smallest absolute Gasteiger partial charge is 0.253 e. The standard InChI is InChI=1S/C86H59BN4OS/c1-8-28-56(29-9-1)68-52-70-69(65-42-22-23-43-66(65)83(70)57-30-10-2-11-31-57)54-75(68)91-76-55-81-73(87-72-45-25-27-47-79(72)92-80-50-64(51-82(93-81)86(80)87)89(60-36-16-5-17-37-60)61-38-18-6-19-39-61)53-71(76)84-67-44-24-26-46-74(67)90(62-40-20-7-21-41-62)77-48-63(49-78(91)85(77)84)88(58-32-12-3-13-33-58)59-34-14-4-15-35-59/h1-55,69-70,83-84H. The van der Waals surface area contributed by atoms with Crippen LogP contribution < -0.4 is 40.7 Å². The molecule has 5 nitrogen and oxygen atoms in total. The molecule has 19 rings (SSSR count). The predicted octanol–water partition coefficient (Wildman–Crippen LogP) is 20.7. The number of fused-ring (bicyclic) bond motifs is 11. The van der Waals surface area contributed by atoms with Gasteiger partial charge in [0.1, 0.15) is 11.5 Å². The lowest BCUT2D eigenvalue weighted by atomic mass is 9.35. The summed E-state index contributed by atoms with van der Waals surface area (Å²) in [5.41, 5.74) is 27.3. The molecule has 0 N–H and O–H groups in total. The van der Waals surface area contributed by atoms with Crippen molar-refractivity contribution in [3.8, 4) is 11.5 Å². The van der Waals surface area contributed by atoms with Crippen molar-refractivity contribution >= 4 is 103 Å². The van der Waals surface area contributed by atoms with Crippen molar-refractivity contribution in [1.82, 2.24) is 0 Å². The lowest BCUT2D eigenvalue weighted by Crippen LogP contribution is -2.58. The van der Waals surface area contributed by atoms with Gasteiger partial charge < -0.3 is 24.3 Å². The Bertz CT molecular complexity index is 5070. The minimum atomic E-state index is -0.164. The fourth-order valence-electron chi connectivity index (χ4n) is 16.2. The molecule has 0 aromatic heterocycles. The molecule has 6 aliphatic rings. The summed E-state index contributed by atoms with van der Waals surface area (Å²) in [6.45, 7) is -0.113. The molecule has 13 aromatic rings. The number of hydrogen-bond donors (Lipinski definition) is 0. The number of anilines is 11. The molecule has 0 bridgehead atoms. The maximum Gasteiger partial charge on any atom is 0.253 e. The van der Waals surface area contributed by atoms with Crippen LogP contribution in [0.3, 0.4) is 0 Å². The average molecular weight is 1210 g/mol. The molecule has 0 fully saturated rings. The van der Waals surface area contributed by atoms with Crippen LogP contribution >= 0.6 is 11.8 Å². The summed E-state index contributed by atoms with van der Waals surface area (Å²) in [6.07, 6.45) is 5.34. The Labute approximate surface area is 547 Å². The first-order valence-corrected chi connectivity index (χ1v) is 33.1. The Hall–Kier alpha value is -11.2. The monoisotopic (exact) mass is 1210 g/mol. The number of hydrogen-bond acceptors (Lipinski definition) is 6. The summed E-state index contributed by atoms with van der Waals surface area (Å²) in [5.74, 6) is 2.00. The van der Waals surface area contributed by atoms with Gasteiger partial charge in [-0.05, 0) is 147 Å². The molecule has 7 heteroatoms. The number of para-hydroxylation sites is 7. The minimum Gasteiger partial charge on any atom is -0.458 e. The minimum absolute atomic E-state index is 0.0763. The fraction of sp³-hybridized carbons (Fsp3) is 0.0465. The van der Waals surface area contributed by atoms with Gasteiger partial charge in [-0.15, -0.1) is 0 Å². The van der Waals surface area contributed by atoms with Crippen molar-refractivity contribution in [2.24, 2.45) is 5.92 Å². The van der Waals surface area contributed by atoms with Crippen LogP contribution in [0.5, 0.6) is 11.5 Å². The van der Waals surface area contributed by atoms with Crippen LogP contribution in [-0.4, -0.2) is 6.71 Å². The maximum atomic E-state index is 7.20. The number of allylic oxidation sites excluding steroid dienone is 3. The Morgan fingerprint density at radius 3 is 1.54 bits per heavy atom. The molecular formula is C86H59BN4OS. The topological polar surface area (TPSA) is 22.2 Å². The number of rotatable bonds is 10. The molecule has 4 atom stereocenters. The van der Waals surface area contributed by atoms with E-state index in [1.54, 1.807) is 0 Å². The van der Waals surface area contributed by atoms with E-state index in [0.29, 0.717) is 0 Å². The summed E-state index contributed by atoms with van der Waals surface area (Å²) in [6, 6.07) is 119. The second-order valence-corrected chi connectivity index (χ2v) is 26.1. The lowest BCUT2D eigenvalue weighted by Gasteiger charge is -2.48. The summed E-state index contributed by atoms with van der Waals surface area (Å²) >= 11 is 1.88. The quantitative estimate of drug-likeness (QED) is 0.126. The molecule has 0 saturated carbocycles. The van der Waals surface area contributed by atoms with Gasteiger partial charge in [0, 0.05) is 73.2 Å². The Morgan fingerprint density at radius 1 is 0.366 bits per heavy atom. The van der Waals surface area contributed by atoms with Gasteiger partial charge in [0.05, 0.1) is 39.8 Å². The predicted molar refractivity (Wildman–Crippen MR) is 385 cm³/mol. The number of benzene rings is 13. The van der Waals surface area contributed by atoms with E-state index in [2.05, 4.69) is 353 Å². The van der Waals surface area contributed by atoms with Crippen LogP contribution in [0.2, 0.25) is 0 Å². The van der Waals surface area contributed by atoms with Gasteiger partial charge >= 0.3 is 0 Å². The number of ether oxygens (including phenoxy) is 1. The molecule has 0 amide bonds. The van der Waals surface area contributed by atoms with Crippen LogP contribution in [0.15, 0.2) is 349 Å². The van der Waals surface area contributed by atoms with Gasteiger partial charge in [-0.1, -0.05) is 248 Å². The molecule has 93 heavy (non-hydrogen) atoms. The van der Waals surface area contributed by atoms with Crippen LogP contribution in [-0.2, 0) is 0 Å². The molecule has 4 unspecified atom stereocenters. The molecule has 4 aliphatic heterocycles. The Balaban J connectivity index is 0.917. The van der Waals surface area contributed by atoms with Crippen molar-refractivity contribution in [3.63, 3.8) is 0 Å². The largest absolute Gasteiger partial charge is 0.458 e. The van der Waals surface area contributed by atoms with E-state index < -0.39 is 0 Å². The van der Waals surface area contributed by atoms with Gasteiger partial charge in [0.2, 0.25) is 0 Å². The Kier molecular flexibility index (Phi) is 12.5. The van der Waals surface area contributed by atoms with Crippen LogP contribution in [0, 0.1) is 5.92 Å². The van der Waals surface area contributed by atoms with E-state index in [4.69, 9.17) is 4.74 Å². The van der Waals surface area contributed by atoms with Gasteiger partial charge in [0.25, 0.3) is 6.71 Å². The highest BCUT2D eigenvalue weighted by Crippen LogP contribution is 2.64. The third-order valence-electron chi connectivity index (χ3n) is 20.0. The zero-order chi connectivity index (χ0) is 61.1. The molecule has 438 valence electrons. The highest BCUT2D eigenvalue weighted by molar-refractivity contribution is 8.00. The molecule has 13 aromatic carbocycles. The molecule has 0 radical (unpaired) electrons. The number of nitrogens with zero attached hydrogens (tertiary/aromatic N) is 4. The summed E-state index contributed by atoms with van der Waals surface area (Å²) in [4.78, 5) is 12.5. The zero-order valence-corrected chi connectivity index (χ0v) is 51.6. The Morgan fingerprint density at radius 2 is 0.892 bits per heavy atom. The van der Waals surface area contributed by atoms with E-state index in [1.165, 1.54) is 87.8 Å². The second-order valence-electron chi connectivity index (χ2n) is 25.0. The third kappa shape index (κ3) is 8.57. The van der Waals surface area contributed by atoms with Crippen molar-refractivity contribution in [2.45, 2.75) is 27.5 Å². The van der Waals surface area contributed by atoms with Crippen LogP contribution in [0.1, 0.15) is 56.7 Å². The highest BCUT2D eigenvalue weighted by atomic mass is 32.2. The van der Waals surface area contributed by atoms with Crippen LogP contribution in [0.25, 0.3) is 5.57 Å². The van der Waals surface area contributed by atoms with E-state index in [1.807, 2.05) is 11.8 Å². The summed E-state index contributed by atoms with van der Waals surface area (Å²) < 4.78 is 7.20. The van der Waals surface area contributed by atoms with Crippen molar-refractivity contribution in [3.05, 3.63) is 378 Å². The van der Waals surface area contributed by atoms with Crippen LogP contribution in [0.4, 0.5) is 62.6 Å². The first kappa shape index (κ1) is 53.6.